The number of esters is 1. The number of amides is 1. The highest BCUT2D eigenvalue weighted by Gasteiger charge is 2.53. The highest BCUT2D eigenvalue weighted by atomic mass is 32.2. The molecule has 0 bridgehead atoms. The molecule has 2 fully saturated rings. The van der Waals surface area contributed by atoms with Gasteiger partial charge in [0.2, 0.25) is 11.8 Å². The van der Waals surface area contributed by atoms with E-state index in [0.29, 0.717) is 23.8 Å². The number of benzene rings is 1. The van der Waals surface area contributed by atoms with Crippen molar-refractivity contribution < 1.29 is 18.7 Å². The molecule has 3 heterocycles. The number of ether oxygens (including phenoxy) is 1. The van der Waals surface area contributed by atoms with Crippen LogP contribution in [-0.2, 0) is 20.9 Å². The first kappa shape index (κ1) is 16.2. The van der Waals surface area contributed by atoms with Gasteiger partial charge in [-0.1, -0.05) is 30.3 Å². The molecule has 2 aliphatic rings. The molecule has 2 saturated heterocycles. The molecule has 1 amide bonds. The Kier molecular flexibility index (Phi) is 4.03. The normalized spacial score (nSPS) is 25.2. The summed E-state index contributed by atoms with van der Waals surface area (Å²) < 4.78 is 11.0. The van der Waals surface area contributed by atoms with Crippen LogP contribution in [0.1, 0.15) is 25.7 Å². The van der Waals surface area contributed by atoms with Crippen LogP contribution in [0.3, 0.4) is 0 Å². The van der Waals surface area contributed by atoms with E-state index >= 15 is 0 Å². The molecule has 1 aromatic heterocycles. The van der Waals surface area contributed by atoms with Gasteiger partial charge in [0.1, 0.15) is 6.04 Å². The Morgan fingerprint density at radius 3 is 3.04 bits per heavy atom. The number of hydrogen-bond donors (Lipinski definition) is 0. The largest absolute Gasteiger partial charge is 0.454 e. The Hall–Kier alpha value is -2.28. The number of hydrogen-bond acceptors (Lipinski definition) is 6. The van der Waals surface area contributed by atoms with Gasteiger partial charge < -0.3 is 14.1 Å². The van der Waals surface area contributed by atoms with E-state index in [1.165, 1.54) is 0 Å². The first-order valence-corrected chi connectivity index (χ1v) is 9.18. The van der Waals surface area contributed by atoms with E-state index in [1.807, 2.05) is 37.3 Å². The summed E-state index contributed by atoms with van der Waals surface area (Å²) in [5.74, 6) is 1.17. The van der Waals surface area contributed by atoms with Crippen molar-refractivity contribution in [2.75, 3.05) is 5.75 Å². The van der Waals surface area contributed by atoms with Gasteiger partial charge in [0.15, 0.2) is 12.4 Å². The van der Waals surface area contributed by atoms with Gasteiger partial charge in [-0.25, -0.2) is 9.78 Å². The molecule has 4 rings (SSSR count). The third-order valence-corrected chi connectivity index (χ3v) is 6.17. The Balaban J connectivity index is 1.40. The van der Waals surface area contributed by atoms with Crippen molar-refractivity contribution in [3.05, 3.63) is 42.4 Å². The average molecular weight is 358 g/mol. The second kappa shape index (κ2) is 6.22. The maximum Gasteiger partial charge on any atom is 0.330 e. The summed E-state index contributed by atoms with van der Waals surface area (Å²) in [5, 5.41) is 0. The zero-order valence-corrected chi connectivity index (χ0v) is 14.6. The van der Waals surface area contributed by atoms with Crippen LogP contribution < -0.4 is 0 Å². The quantitative estimate of drug-likeness (QED) is 0.783. The minimum absolute atomic E-state index is 0.0249. The summed E-state index contributed by atoms with van der Waals surface area (Å²) in [6, 6.07) is 9.08. The van der Waals surface area contributed by atoms with Gasteiger partial charge in [-0.3, -0.25) is 4.79 Å². The standard InChI is InChI=1S/C18H18N2O4S/c1-18-8-7-16(21)20(18)13(11-25-18)17(22)23-10-15-19-9-14(24-15)12-5-3-2-4-6-12/h2-6,9,13H,7-8,10-11H2,1H3/t13-,18+/m0/s1. The molecule has 7 heteroatoms. The molecule has 0 aliphatic carbocycles. The van der Waals surface area contributed by atoms with E-state index < -0.39 is 12.0 Å². The summed E-state index contributed by atoms with van der Waals surface area (Å²) in [6.45, 7) is 1.97. The molecule has 1 aromatic carbocycles. The van der Waals surface area contributed by atoms with Crippen LogP contribution in [0.2, 0.25) is 0 Å². The number of carbonyl (C=O) groups is 2. The fourth-order valence-electron chi connectivity index (χ4n) is 3.34. The van der Waals surface area contributed by atoms with Crippen LogP contribution in [0.5, 0.6) is 0 Å². The molecule has 6 nitrogen and oxygen atoms in total. The Bertz CT molecular complexity index is 806. The van der Waals surface area contributed by atoms with Crippen molar-refractivity contribution in [3.63, 3.8) is 0 Å². The number of oxazole rings is 1. The lowest BCUT2D eigenvalue weighted by Gasteiger charge is -2.29. The molecular formula is C18H18N2O4S. The lowest BCUT2D eigenvalue weighted by molar-refractivity contribution is -0.155. The van der Waals surface area contributed by atoms with E-state index in [-0.39, 0.29) is 17.4 Å². The number of nitrogens with zero attached hydrogens (tertiary/aromatic N) is 2. The number of aromatic nitrogens is 1. The van der Waals surface area contributed by atoms with Gasteiger partial charge in [-0.2, -0.15) is 0 Å². The zero-order chi connectivity index (χ0) is 17.4. The second-order valence-electron chi connectivity index (χ2n) is 6.36. The van der Waals surface area contributed by atoms with Crippen LogP contribution in [0, 0.1) is 0 Å². The van der Waals surface area contributed by atoms with Crippen molar-refractivity contribution in [1.82, 2.24) is 9.88 Å². The molecule has 25 heavy (non-hydrogen) atoms. The van der Waals surface area contributed by atoms with Gasteiger partial charge in [0, 0.05) is 17.7 Å². The van der Waals surface area contributed by atoms with Gasteiger partial charge in [-0.05, 0) is 13.3 Å². The summed E-state index contributed by atoms with van der Waals surface area (Å²) >= 11 is 1.64. The van der Waals surface area contributed by atoms with E-state index in [4.69, 9.17) is 9.15 Å². The smallest absolute Gasteiger partial charge is 0.330 e. The van der Waals surface area contributed by atoms with Gasteiger partial charge in [0.25, 0.3) is 0 Å². The summed E-state index contributed by atoms with van der Waals surface area (Å²) in [6.07, 6.45) is 2.89. The molecule has 130 valence electrons. The van der Waals surface area contributed by atoms with Crippen molar-refractivity contribution in [3.8, 4) is 11.3 Å². The summed E-state index contributed by atoms with van der Waals surface area (Å²) in [7, 11) is 0. The van der Waals surface area contributed by atoms with Crippen LogP contribution >= 0.6 is 11.8 Å². The van der Waals surface area contributed by atoms with Crippen LogP contribution in [-0.4, -0.2) is 38.4 Å². The fraction of sp³-hybridized carbons (Fsp3) is 0.389. The second-order valence-corrected chi connectivity index (χ2v) is 7.86. The monoisotopic (exact) mass is 358 g/mol. The van der Waals surface area contributed by atoms with Crippen molar-refractivity contribution in [2.24, 2.45) is 0 Å². The molecule has 0 saturated carbocycles. The Morgan fingerprint density at radius 1 is 1.44 bits per heavy atom. The van der Waals surface area contributed by atoms with E-state index in [9.17, 15) is 9.59 Å². The Labute approximate surface area is 149 Å². The van der Waals surface area contributed by atoms with E-state index in [2.05, 4.69) is 4.98 Å². The number of thioether (sulfide) groups is 1. The highest BCUT2D eigenvalue weighted by Crippen LogP contribution is 2.47. The molecular weight excluding hydrogens is 340 g/mol. The van der Waals surface area contributed by atoms with Crippen LogP contribution in [0.25, 0.3) is 11.3 Å². The third kappa shape index (κ3) is 2.93. The number of carbonyl (C=O) groups excluding carboxylic acids is 2. The maximum absolute atomic E-state index is 12.4. The SMILES string of the molecule is C[C@@]12CCC(=O)N1[C@H](C(=O)OCc1ncc(-c3ccccc3)o1)CS2. The molecule has 0 unspecified atom stereocenters. The molecule has 2 aliphatic heterocycles. The molecule has 0 N–H and O–H groups in total. The number of rotatable bonds is 4. The topological polar surface area (TPSA) is 72.6 Å². The molecule has 2 aromatic rings. The minimum atomic E-state index is -0.520. The molecule has 0 spiro atoms. The average Bonchev–Trinajstić information content (AvgIpc) is 3.30. The van der Waals surface area contributed by atoms with Crippen LogP contribution in [0.15, 0.2) is 40.9 Å². The lowest BCUT2D eigenvalue weighted by Crippen LogP contribution is -2.46. The highest BCUT2D eigenvalue weighted by molar-refractivity contribution is 8.01. The third-order valence-electron chi connectivity index (χ3n) is 4.67. The van der Waals surface area contributed by atoms with Crippen LogP contribution in [0.4, 0.5) is 0 Å². The zero-order valence-electron chi connectivity index (χ0n) is 13.8. The Morgan fingerprint density at radius 2 is 2.24 bits per heavy atom. The van der Waals surface area contributed by atoms with E-state index in [0.717, 1.165) is 12.0 Å². The lowest BCUT2D eigenvalue weighted by atomic mass is 10.2. The minimum Gasteiger partial charge on any atom is -0.454 e. The predicted octanol–water partition coefficient (Wildman–Crippen LogP) is 2.84. The van der Waals surface area contributed by atoms with Crippen molar-refractivity contribution in [1.29, 1.82) is 0 Å². The molecule has 0 radical (unpaired) electrons. The fourth-order valence-corrected chi connectivity index (χ4v) is 4.75. The van der Waals surface area contributed by atoms with Crippen molar-refractivity contribution >= 4 is 23.6 Å². The first-order valence-electron chi connectivity index (χ1n) is 8.20. The van der Waals surface area contributed by atoms with Crippen molar-refractivity contribution in [2.45, 2.75) is 37.3 Å². The van der Waals surface area contributed by atoms with Gasteiger partial charge in [0.05, 0.1) is 11.1 Å². The van der Waals surface area contributed by atoms with Gasteiger partial charge in [-0.15, -0.1) is 11.8 Å². The molecule has 2 atom stereocenters. The van der Waals surface area contributed by atoms with Gasteiger partial charge >= 0.3 is 5.97 Å². The maximum atomic E-state index is 12.4. The van der Waals surface area contributed by atoms with E-state index in [1.54, 1.807) is 22.9 Å². The summed E-state index contributed by atoms with van der Waals surface area (Å²) in [4.78, 5) is 30.1. The first-order chi connectivity index (χ1) is 12.1. The predicted molar refractivity (Wildman–Crippen MR) is 92.5 cm³/mol. The number of fused-ring (bicyclic) bond motifs is 1. The summed E-state index contributed by atoms with van der Waals surface area (Å²) in [5.41, 5.74) is 0.915.